The molecule has 0 saturated carbocycles. The molecule has 0 N–H and O–H groups in total. The summed E-state index contributed by atoms with van der Waals surface area (Å²) in [5.74, 6) is 0.836. The first-order chi connectivity index (χ1) is 14.3. The first-order valence-electron chi connectivity index (χ1n) is 9.76. The van der Waals surface area contributed by atoms with Crippen LogP contribution in [0.5, 0.6) is 5.75 Å². The van der Waals surface area contributed by atoms with Gasteiger partial charge in [0.1, 0.15) is 5.75 Å². The second-order valence-electron chi connectivity index (χ2n) is 6.94. The van der Waals surface area contributed by atoms with Crippen molar-refractivity contribution in [2.24, 2.45) is 0 Å². The van der Waals surface area contributed by atoms with E-state index in [0.29, 0.717) is 37.6 Å². The van der Waals surface area contributed by atoms with Crippen molar-refractivity contribution >= 4 is 39.1 Å². The molecule has 1 aliphatic rings. The number of piperazine rings is 1. The minimum absolute atomic E-state index is 0.0236. The number of halogens is 2. The van der Waals surface area contributed by atoms with Crippen LogP contribution in [0.1, 0.15) is 18.9 Å². The fraction of sp³-hybridized carbons (Fsp3) is 0.381. The highest BCUT2D eigenvalue weighted by atomic mass is 35.5. The van der Waals surface area contributed by atoms with Crippen molar-refractivity contribution in [3.05, 3.63) is 58.1 Å². The van der Waals surface area contributed by atoms with Gasteiger partial charge in [0.05, 0.1) is 21.5 Å². The normalized spacial score (nSPS) is 15.2. The summed E-state index contributed by atoms with van der Waals surface area (Å²) in [7, 11) is -3.67. The predicted octanol–water partition coefficient (Wildman–Crippen LogP) is 3.86. The average Bonchev–Trinajstić information content (AvgIpc) is 2.75. The third kappa shape index (κ3) is 5.46. The zero-order valence-electron chi connectivity index (χ0n) is 16.7. The number of aryl methyl sites for hydroxylation is 1. The summed E-state index contributed by atoms with van der Waals surface area (Å²) in [6.45, 7) is 3.77. The smallest absolute Gasteiger partial charge is 0.243 e. The summed E-state index contributed by atoms with van der Waals surface area (Å²) in [5.41, 5.74) is 1.06. The van der Waals surface area contributed by atoms with Crippen LogP contribution in [0.2, 0.25) is 10.0 Å². The number of hydrogen-bond acceptors (Lipinski definition) is 4. The summed E-state index contributed by atoms with van der Waals surface area (Å²) in [6, 6.07) is 12.0. The van der Waals surface area contributed by atoms with Crippen molar-refractivity contribution in [3.8, 4) is 5.75 Å². The fourth-order valence-electron chi connectivity index (χ4n) is 3.29. The van der Waals surface area contributed by atoms with Crippen LogP contribution in [0.4, 0.5) is 0 Å². The van der Waals surface area contributed by atoms with E-state index in [2.05, 4.69) is 0 Å². The Morgan fingerprint density at radius 1 is 1.00 bits per heavy atom. The first-order valence-corrected chi connectivity index (χ1v) is 12.0. The quantitative estimate of drug-likeness (QED) is 0.615. The lowest BCUT2D eigenvalue weighted by molar-refractivity contribution is -0.132. The zero-order chi connectivity index (χ0) is 21.7. The number of ether oxygens (including phenoxy) is 1. The zero-order valence-corrected chi connectivity index (χ0v) is 19.0. The summed E-state index contributed by atoms with van der Waals surface area (Å²) < 4.78 is 32.4. The Balaban J connectivity index is 1.53. The van der Waals surface area contributed by atoms with Gasteiger partial charge in [-0.2, -0.15) is 4.31 Å². The van der Waals surface area contributed by atoms with E-state index in [1.54, 1.807) is 4.90 Å². The molecule has 0 radical (unpaired) electrons. The van der Waals surface area contributed by atoms with Crippen LogP contribution in [-0.4, -0.2) is 56.3 Å². The predicted molar refractivity (Wildman–Crippen MR) is 118 cm³/mol. The van der Waals surface area contributed by atoms with Crippen LogP contribution in [-0.2, 0) is 21.2 Å². The van der Waals surface area contributed by atoms with E-state index in [0.717, 1.165) is 11.3 Å². The van der Waals surface area contributed by atoms with Gasteiger partial charge in [0, 0.05) is 32.6 Å². The van der Waals surface area contributed by atoms with E-state index >= 15 is 0 Å². The van der Waals surface area contributed by atoms with Crippen molar-refractivity contribution in [3.63, 3.8) is 0 Å². The second kappa shape index (κ2) is 10.0. The van der Waals surface area contributed by atoms with Crippen molar-refractivity contribution < 1.29 is 17.9 Å². The van der Waals surface area contributed by atoms with Crippen LogP contribution in [0.15, 0.2) is 47.4 Å². The maximum Gasteiger partial charge on any atom is 0.243 e. The Morgan fingerprint density at radius 2 is 1.67 bits per heavy atom. The van der Waals surface area contributed by atoms with Gasteiger partial charge >= 0.3 is 0 Å². The third-order valence-corrected chi connectivity index (χ3v) is 7.62. The maximum atomic E-state index is 12.8. The molecule has 1 aliphatic heterocycles. The standard InChI is InChI=1S/C21H24Cl2N2O4S/c1-2-29-17-6-3-16(4-7-17)5-10-21(26)24-11-13-25(14-12-24)30(27,28)18-8-9-19(22)20(23)15-18/h3-4,6-9,15H,2,5,10-14H2,1H3. The highest BCUT2D eigenvalue weighted by Crippen LogP contribution is 2.27. The monoisotopic (exact) mass is 470 g/mol. The van der Waals surface area contributed by atoms with Crippen LogP contribution in [0, 0.1) is 0 Å². The molecule has 3 rings (SSSR count). The first kappa shape index (κ1) is 22.9. The van der Waals surface area contributed by atoms with Crippen molar-refractivity contribution in [1.29, 1.82) is 0 Å². The molecular formula is C21H24Cl2N2O4S. The van der Waals surface area contributed by atoms with Gasteiger partial charge in [-0.15, -0.1) is 0 Å². The lowest BCUT2D eigenvalue weighted by atomic mass is 10.1. The summed E-state index contributed by atoms with van der Waals surface area (Å²) in [6.07, 6.45) is 1.01. The molecule has 1 heterocycles. The molecule has 9 heteroatoms. The summed E-state index contributed by atoms with van der Waals surface area (Å²) in [5, 5.41) is 0.499. The number of nitrogens with zero attached hydrogens (tertiary/aromatic N) is 2. The molecule has 2 aromatic rings. The Hall–Kier alpha value is -1.80. The largest absolute Gasteiger partial charge is 0.494 e. The molecule has 0 aliphatic carbocycles. The lowest BCUT2D eigenvalue weighted by Gasteiger charge is -2.34. The summed E-state index contributed by atoms with van der Waals surface area (Å²) >= 11 is 11.8. The van der Waals surface area contributed by atoms with Crippen molar-refractivity contribution in [2.75, 3.05) is 32.8 Å². The molecule has 2 aromatic carbocycles. The number of carbonyl (C=O) groups excluding carboxylic acids is 1. The Labute approximate surface area is 187 Å². The Morgan fingerprint density at radius 3 is 2.27 bits per heavy atom. The van der Waals surface area contributed by atoms with Crippen LogP contribution < -0.4 is 4.74 Å². The van der Waals surface area contributed by atoms with Crippen LogP contribution in [0.3, 0.4) is 0 Å². The molecule has 30 heavy (non-hydrogen) atoms. The highest BCUT2D eigenvalue weighted by Gasteiger charge is 2.30. The lowest BCUT2D eigenvalue weighted by Crippen LogP contribution is -2.50. The SMILES string of the molecule is CCOc1ccc(CCC(=O)N2CCN(S(=O)(=O)c3ccc(Cl)c(Cl)c3)CC2)cc1. The minimum atomic E-state index is -3.67. The van der Waals surface area contributed by atoms with Crippen LogP contribution >= 0.6 is 23.2 Å². The number of hydrogen-bond donors (Lipinski definition) is 0. The van der Waals surface area contributed by atoms with E-state index in [1.165, 1.54) is 22.5 Å². The molecule has 0 spiro atoms. The van der Waals surface area contributed by atoms with Gasteiger partial charge in [0.15, 0.2) is 0 Å². The molecule has 0 bridgehead atoms. The van der Waals surface area contributed by atoms with Gasteiger partial charge < -0.3 is 9.64 Å². The molecule has 0 aromatic heterocycles. The van der Waals surface area contributed by atoms with Crippen molar-refractivity contribution in [2.45, 2.75) is 24.7 Å². The van der Waals surface area contributed by atoms with E-state index < -0.39 is 10.0 Å². The highest BCUT2D eigenvalue weighted by molar-refractivity contribution is 7.89. The molecule has 162 valence electrons. The Kier molecular flexibility index (Phi) is 7.63. The topological polar surface area (TPSA) is 66.9 Å². The van der Waals surface area contributed by atoms with Crippen molar-refractivity contribution in [1.82, 2.24) is 9.21 Å². The van der Waals surface area contributed by atoms with E-state index in [-0.39, 0.29) is 28.9 Å². The number of amides is 1. The van der Waals surface area contributed by atoms with Gasteiger partial charge in [-0.3, -0.25) is 4.79 Å². The molecule has 6 nitrogen and oxygen atoms in total. The molecule has 1 amide bonds. The molecule has 1 saturated heterocycles. The fourth-order valence-corrected chi connectivity index (χ4v) is 5.10. The van der Waals surface area contributed by atoms with Gasteiger partial charge in [-0.25, -0.2) is 8.42 Å². The molecule has 0 atom stereocenters. The number of carbonyl (C=O) groups is 1. The number of rotatable bonds is 7. The van der Waals surface area contributed by atoms with E-state index in [1.807, 2.05) is 31.2 Å². The third-order valence-electron chi connectivity index (χ3n) is 4.98. The average molecular weight is 471 g/mol. The molecule has 1 fully saturated rings. The number of benzene rings is 2. The van der Waals surface area contributed by atoms with Gasteiger partial charge in [-0.1, -0.05) is 35.3 Å². The molecular weight excluding hydrogens is 447 g/mol. The van der Waals surface area contributed by atoms with E-state index in [4.69, 9.17) is 27.9 Å². The summed E-state index contributed by atoms with van der Waals surface area (Å²) in [4.78, 5) is 14.4. The van der Waals surface area contributed by atoms with Gasteiger partial charge in [0.2, 0.25) is 15.9 Å². The second-order valence-corrected chi connectivity index (χ2v) is 9.69. The minimum Gasteiger partial charge on any atom is -0.494 e. The van der Waals surface area contributed by atoms with E-state index in [9.17, 15) is 13.2 Å². The van der Waals surface area contributed by atoms with Gasteiger partial charge in [-0.05, 0) is 49.2 Å². The van der Waals surface area contributed by atoms with Gasteiger partial charge in [0.25, 0.3) is 0 Å². The maximum absolute atomic E-state index is 12.8. The Bertz CT molecular complexity index is 989. The number of sulfonamides is 1. The van der Waals surface area contributed by atoms with Crippen LogP contribution in [0.25, 0.3) is 0 Å². The molecule has 0 unspecified atom stereocenters.